The molecule has 1 saturated carbocycles. The minimum Gasteiger partial charge on any atom is -0.310 e. The molecule has 1 atom stereocenters. The van der Waals surface area contributed by atoms with Crippen molar-refractivity contribution in [3.05, 3.63) is 0 Å². The number of hydrogen-bond acceptors (Lipinski definition) is 2. The standard InChI is InChI=1S/C15H30N2/c1-5-14(4)11-17(10-6-9-16-14)12-15(7-8-15)13(2)3/h13,16H,5-12H2,1-4H3. The van der Waals surface area contributed by atoms with Gasteiger partial charge < -0.3 is 10.2 Å². The van der Waals surface area contributed by atoms with Crippen molar-refractivity contribution in [2.24, 2.45) is 11.3 Å². The Balaban J connectivity index is 1.96. The molecule has 2 fully saturated rings. The first-order valence-electron chi connectivity index (χ1n) is 7.47. The van der Waals surface area contributed by atoms with Gasteiger partial charge in [-0.25, -0.2) is 0 Å². The molecule has 0 radical (unpaired) electrons. The monoisotopic (exact) mass is 238 g/mol. The van der Waals surface area contributed by atoms with Crippen molar-refractivity contribution in [1.29, 1.82) is 0 Å². The van der Waals surface area contributed by atoms with Gasteiger partial charge in [0.05, 0.1) is 0 Å². The average molecular weight is 238 g/mol. The Hall–Kier alpha value is -0.0800. The van der Waals surface area contributed by atoms with Gasteiger partial charge in [-0.3, -0.25) is 0 Å². The number of rotatable bonds is 4. The van der Waals surface area contributed by atoms with Crippen molar-refractivity contribution in [3.8, 4) is 0 Å². The molecule has 0 amide bonds. The van der Waals surface area contributed by atoms with Crippen LogP contribution in [0.2, 0.25) is 0 Å². The van der Waals surface area contributed by atoms with Crippen LogP contribution < -0.4 is 5.32 Å². The van der Waals surface area contributed by atoms with Gasteiger partial charge in [0.2, 0.25) is 0 Å². The number of nitrogens with zero attached hydrogens (tertiary/aromatic N) is 1. The maximum Gasteiger partial charge on any atom is 0.0277 e. The first kappa shape index (κ1) is 13.4. The highest BCUT2D eigenvalue weighted by Crippen LogP contribution is 2.52. The largest absolute Gasteiger partial charge is 0.310 e. The van der Waals surface area contributed by atoms with Crippen LogP contribution in [-0.2, 0) is 0 Å². The summed E-state index contributed by atoms with van der Waals surface area (Å²) in [5.41, 5.74) is 1.00. The third kappa shape index (κ3) is 3.03. The summed E-state index contributed by atoms with van der Waals surface area (Å²) in [6, 6.07) is 0. The fraction of sp³-hybridized carbons (Fsp3) is 1.00. The van der Waals surface area contributed by atoms with Crippen LogP contribution in [0.3, 0.4) is 0 Å². The summed E-state index contributed by atoms with van der Waals surface area (Å²) < 4.78 is 0. The molecule has 2 aliphatic rings. The maximum absolute atomic E-state index is 3.73. The zero-order valence-electron chi connectivity index (χ0n) is 12.2. The van der Waals surface area contributed by atoms with Gasteiger partial charge in [-0.1, -0.05) is 20.8 Å². The highest BCUT2D eigenvalue weighted by atomic mass is 15.2. The Labute approximate surface area is 107 Å². The van der Waals surface area contributed by atoms with Gasteiger partial charge in [0, 0.05) is 18.6 Å². The molecule has 100 valence electrons. The lowest BCUT2D eigenvalue weighted by molar-refractivity contribution is 0.158. The van der Waals surface area contributed by atoms with E-state index >= 15 is 0 Å². The van der Waals surface area contributed by atoms with Gasteiger partial charge in [-0.2, -0.15) is 0 Å². The summed E-state index contributed by atoms with van der Waals surface area (Å²) in [6.45, 7) is 14.6. The van der Waals surface area contributed by atoms with E-state index in [9.17, 15) is 0 Å². The van der Waals surface area contributed by atoms with Crippen molar-refractivity contribution in [3.63, 3.8) is 0 Å². The Morgan fingerprint density at radius 3 is 2.53 bits per heavy atom. The van der Waals surface area contributed by atoms with Gasteiger partial charge in [0.1, 0.15) is 0 Å². The molecule has 1 unspecified atom stereocenters. The summed E-state index contributed by atoms with van der Waals surface area (Å²) in [5.74, 6) is 0.853. The minimum absolute atomic E-state index is 0.337. The summed E-state index contributed by atoms with van der Waals surface area (Å²) in [7, 11) is 0. The van der Waals surface area contributed by atoms with Crippen LogP contribution in [0.15, 0.2) is 0 Å². The molecular formula is C15H30N2. The topological polar surface area (TPSA) is 15.3 Å². The van der Waals surface area contributed by atoms with Crippen molar-refractivity contribution in [2.75, 3.05) is 26.2 Å². The SMILES string of the molecule is CCC1(C)CN(CC2(C(C)C)CC2)CCCN1. The van der Waals surface area contributed by atoms with Crippen LogP contribution in [0.25, 0.3) is 0 Å². The first-order chi connectivity index (χ1) is 8.00. The second-order valence-electron chi connectivity index (χ2n) is 6.92. The molecule has 1 heterocycles. The molecule has 1 N–H and O–H groups in total. The number of nitrogens with one attached hydrogen (secondary N) is 1. The third-order valence-corrected chi connectivity index (χ3v) is 5.21. The highest BCUT2D eigenvalue weighted by Gasteiger charge is 2.46. The lowest BCUT2D eigenvalue weighted by Crippen LogP contribution is -2.49. The van der Waals surface area contributed by atoms with E-state index in [0.29, 0.717) is 11.0 Å². The second kappa shape index (κ2) is 4.89. The van der Waals surface area contributed by atoms with Gasteiger partial charge in [-0.05, 0) is 57.0 Å². The van der Waals surface area contributed by atoms with Crippen molar-refractivity contribution >= 4 is 0 Å². The molecule has 17 heavy (non-hydrogen) atoms. The lowest BCUT2D eigenvalue weighted by atomic mass is 9.90. The van der Waals surface area contributed by atoms with Gasteiger partial charge >= 0.3 is 0 Å². The molecule has 2 heteroatoms. The maximum atomic E-state index is 3.73. The summed E-state index contributed by atoms with van der Waals surface area (Å²) in [6.07, 6.45) is 5.46. The molecule has 1 aliphatic heterocycles. The van der Waals surface area contributed by atoms with Crippen molar-refractivity contribution in [2.45, 2.75) is 58.9 Å². The molecule has 0 bridgehead atoms. The summed E-state index contributed by atoms with van der Waals surface area (Å²) in [4.78, 5) is 2.73. The highest BCUT2D eigenvalue weighted by molar-refractivity contribution is 4.99. The fourth-order valence-corrected chi connectivity index (χ4v) is 3.22. The van der Waals surface area contributed by atoms with Crippen LogP contribution in [-0.4, -0.2) is 36.6 Å². The van der Waals surface area contributed by atoms with E-state index in [1.54, 1.807) is 0 Å². The predicted octanol–water partition coefficient (Wildman–Crippen LogP) is 2.89. The lowest BCUT2D eigenvalue weighted by Gasteiger charge is -2.35. The van der Waals surface area contributed by atoms with E-state index in [-0.39, 0.29) is 0 Å². The molecule has 0 aromatic carbocycles. The quantitative estimate of drug-likeness (QED) is 0.810. The molecule has 0 aromatic rings. The van der Waals surface area contributed by atoms with Crippen molar-refractivity contribution in [1.82, 2.24) is 10.2 Å². The van der Waals surface area contributed by atoms with E-state index in [1.165, 1.54) is 51.9 Å². The normalized spacial score (nSPS) is 33.7. The van der Waals surface area contributed by atoms with E-state index in [1.807, 2.05) is 0 Å². The zero-order chi connectivity index (χ0) is 12.5. The van der Waals surface area contributed by atoms with Crippen LogP contribution in [0.1, 0.15) is 53.4 Å². The molecule has 0 aromatic heterocycles. The summed E-state index contributed by atoms with van der Waals surface area (Å²) >= 11 is 0. The Morgan fingerprint density at radius 2 is 2.00 bits per heavy atom. The van der Waals surface area contributed by atoms with E-state index in [4.69, 9.17) is 0 Å². The minimum atomic E-state index is 0.337. The number of hydrogen-bond donors (Lipinski definition) is 1. The van der Waals surface area contributed by atoms with Gasteiger partial charge in [-0.15, -0.1) is 0 Å². The van der Waals surface area contributed by atoms with Crippen LogP contribution in [0.4, 0.5) is 0 Å². The van der Waals surface area contributed by atoms with Crippen LogP contribution in [0.5, 0.6) is 0 Å². The molecule has 0 spiro atoms. The Kier molecular flexibility index (Phi) is 3.84. The van der Waals surface area contributed by atoms with Crippen LogP contribution in [0, 0.1) is 11.3 Å². The van der Waals surface area contributed by atoms with Crippen molar-refractivity contribution < 1.29 is 0 Å². The Morgan fingerprint density at radius 1 is 1.29 bits per heavy atom. The molecular weight excluding hydrogens is 208 g/mol. The molecule has 2 rings (SSSR count). The molecule has 1 saturated heterocycles. The molecule has 2 nitrogen and oxygen atoms in total. The first-order valence-corrected chi connectivity index (χ1v) is 7.47. The zero-order valence-corrected chi connectivity index (χ0v) is 12.2. The predicted molar refractivity (Wildman–Crippen MR) is 74.3 cm³/mol. The van der Waals surface area contributed by atoms with E-state index < -0.39 is 0 Å². The van der Waals surface area contributed by atoms with E-state index in [2.05, 4.69) is 37.9 Å². The van der Waals surface area contributed by atoms with Gasteiger partial charge in [0.15, 0.2) is 0 Å². The van der Waals surface area contributed by atoms with Gasteiger partial charge in [0.25, 0.3) is 0 Å². The average Bonchev–Trinajstić information content (AvgIpc) is 3.06. The summed E-state index contributed by atoms with van der Waals surface area (Å²) in [5, 5.41) is 3.73. The Bertz CT molecular complexity index is 258. The smallest absolute Gasteiger partial charge is 0.0277 e. The van der Waals surface area contributed by atoms with Crippen LogP contribution >= 0.6 is 0 Å². The molecule has 1 aliphatic carbocycles. The fourth-order valence-electron chi connectivity index (χ4n) is 3.22. The van der Waals surface area contributed by atoms with E-state index in [0.717, 1.165) is 5.92 Å². The third-order valence-electron chi connectivity index (χ3n) is 5.21. The second-order valence-corrected chi connectivity index (χ2v) is 6.92.